The van der Waals surface area contributed by atoms with Crippen LogP contribution in [-0.2, 0) is 4.74 Å². The predicted molar refractivity (Wildman–Crippen MR) is 80.8 cm³/mol. The van der Waals surface area contributed by atoms with Gasteiger partial charge in [0.2, 0.25) is 0 Å². The van der Waals surface area contributed by atoms with E-state index in [1.54, 1.807) is 6.20 Å². The Balaban J connectivity index is 2.07. The van der Waals surface area contributed by atoms with Crippen LogP contribution in [0, 0.1) is 0 Å². The first-order valence-corrected chi connectivity index (χ1v) is 7.40. The zero-order valence-corrected chi connectivity index (χ0v) is 12.7. The van der Waals surface area contributed by atoms with E-state index in [9.17, 15) is 4.79 Å². The zero-order chi connectivity index (χ0) is 15.2. The van der Waals surface area contributed by atoms with Crippen molar-refractivity contribution in [3.63, 3.8) is 0 Å². The molecule has 0 aliphatic carbocycles. The third-order valence-corrected chi connectivity index (χ3v) is 3.99. The minimum Gasteiger partial charge on any atom is -0.453 e. The fourth-order valence-electron chi connectivity index (χ4n) is 2.83. The summed E-state index contributed by atoms with van der Waals surface area (Å²) >= 11 is 0. The minimum atomic E-state index is -0.379. The summed E-state index contributed by atoms with van der Waals surface area (Å²) in [7, 11) is 1.38. The summed E-state index contributed by atoms with van der Waals surface area (Å²) in [5.74, 6) is 0. The molecule has 116 valence electrons. The lowest BCUT2D eigenvalue weighted by Gasteiger charge is -2.31. The molecule has 2 heterocycles. The van der Waals surface area contributed by atoms with Gasteiger partial charge < -0.3 is 15.8 Å². The number of amides is 1. The second-order valence-corrected chi connectivity index (χ2v) is 5.39. The number of hydrogen-bond acceptors (Lipinski definition) is 5. The van der Waals surface area contributed by atoms with Crippen LogP contribution in [0.5, 0.6) is 0 Å². The van der Waals surface area contributed by atoms with E-state index in [2.05, 4.69) is 26.9 Å². The summed E-state index contributed by atoms with van der Waals surface area (Å²) in [5.41, 5.74) is 7.30. The van der Waals surface area contributed by atoms with E-state index >= 15 is 0 Å². The van der Waals surface area contributed by atoms with Crippen LogP contribution in [0.15, 0.2) is 24.4 Å². The Bertz CT molecular complexity index is 454. The lowest BCUT2D eigenvalue weighted by molar-refractivity contribution is 0.163. The van der Waals surface area contributed by atoms with Gasteiger partial charge in [-0.1, -0.05) is 13.0 Å². The van der Waals surface area contributed by atoms with Crippen LogP contribution in [0.1, 0.15) is 31.5 Å². The molecule has 1 aromatic heterocycles. The van der Waals surface area contributed by atoms with Gasteiger partial charge in [-0.15, -0.1) is 0 Å². The summed E-state index contributed by atoms with van der Waals surface area (Å²) in [6.07, 6.45) is 3.20. The van der Waals surface area contributed by atoms with E-state index < -0.39 is 0 Å². The minimum absolute atomic E-state index is 0.0248. The Labute approximate surface area is 125 Å². The van der Waals surface area contributed by atoms with E-state index in [-0.39, 0.29) is 24.2 Å². The maximum absolute atomic E-state index is 11.3. The van der Waals surface area contributed by atoms with Gasteiger partial charge in [0, 0.05) is 31.4 Å². The predicted octanol–water partition coefficient (Wildman–Crippen LogP) is 1.29. The number of carbonyl (C=O) groups excluding carboxylic acids is 1. The molecule has 3 N–H and O–H groups in total. The lowest BCUT2D eigenvalue weighted by atomic mass is 10.0. The smallest absolute Gasteiger partial charge is 0.407 e. The first-order chi connectivity index (χ1) is 10.2. The van der Waals surface area contributed by atoms with Gasteiger partial charge >= 0.3 is 6.09 Å². The molecular formula is C15H24N4O2. The summed E-state index contributed by atoms with van der Waals surface area (Å²) in [4.78, 5) is 18.1. The number of likely N-dealkylation sites (tertiary alicyclic amines) is 1. The van der Waals surface area contributed by atoms with E-state index in [0.717, 1.165) is 31.6 Å². The molecule has 0 bridgehead atoms. The lowest BCUT2D eigenvalue weighted by Crippen LogP contribution is -2.42. The average Bonchev–Trinajstić information content (AvgIpc) is 2.96. The Kier molecular flexibility index (Phi) is 5.52. The van der Waals surface area contributed by atoms with Crippen LogP contribution in [0.2, 0.25) is 0 Å². The van der Waals surface area contributed by atoms with Crippen LogP contribution in [0.3, 0.4) is 0 Å². The van der Waals surface area contributed by atoms with Crippen molar-refractivity contribution in [1.82, 2.24) is 15.2 Å². The largest absolute Gasteiger partial charge is 0.453 e. The standard InChI is InChI=1S/C15H24N4O2/c1-3-12(16)14(13-6-4-5-8-17-13)19-9-7-11(10-19)18-15(20)21-2/h4-6,8,11-12,14H,3,7,9-10,16H2,1-2H3,(H,18,20). The molecule has 2 rings (SSSR count). The van der Waals surface area contributed by atoms with Crippen molar-refractivity contribution >= 4 is 6.09 Å². The number of hydrogen-bond donors (Lipinski definition) is 2. The van der Waals surface area contributed by atoms with E-state index in [1.165, 1.54) is 7.11 Å². The van der Waals surface area contributed by atoms with E-state index in [1.807, 2.05) is 18.2 Å². The van der Waals surface area contributed by atoms with Crippen LogP contribution < -0.4 is 11.1 Å². The number of alkyl carbamates (subject to hydrolysis) is 1. The normalized spacial score (nSPS) is 21.8. The molecule has 0 aromatic carbocycles. The number of carbonyl (C=O) groups is 1. The third kappa shape index (κ3) is 3.92. The highest BCUT2D eigenvalue weighted by molar-refractivity contribution is 5.67. The number of nitrogens with zero attached hydrogens (tertiary/aromatic N) is 2. The third-order valence-electron chi connectivity index (χ3n) is 3.99. The maximum Gasteiger partial charge on any atom is 0.407 e. The Hall–Kier alpha value is -1.66. The number of nitrogens with one attached hydrogen (secondary N) is 1. The van der Waals surface area contributed by atoms with Gasteiger partial charge in [-0.3, -0.25) is 9.88 Å². The molecule has 3 unspecified atom stereocenters. The quantitative estimate of drug-likeness (QED) is 0.855. The van der Waals surface area contributed by atoms with Gasteiger partial charge in [0.05, 0.1) is 18.8 Å². The first kappa shape index (κ1) is 15.7. The molecular weight excluding hydrogens is 268 g/mol. The van der Waals surface area contributed by atoms with Crippen molar-refractivity contribution < 1.29 is 9.53 Å². The molecule has 1 aromatic rings. The molecule has 1 aliphatic rings. The summed E-state index contributed by atoms with van der Waals surface area (Å²) < 4.78 is 4.66. The SMILES string of the molecule is CCC(N)C(c1ccccn1)N1CCC(NC(=O)OC)C1. The van der Waals surface area contributed by atoms with Gasteiger partial charge in [-0.25, -0.2) is 4.79 Å². The molecule has 0 saturated carbocycles. The summed E-state index contributed by atoms with van der Waals surface area (Å²) in [5, 5.41) is 2.86. The fraction of sp³-hybridized carbons (Fsp3) is 0.600. The average molecular weight is 292 g/mol. The van der Waals surface area contributed by atoms with Gasteiger partial charge in [0.25, 0.3) is 0 Å². The second-order valence-electron chi connectivity index (χ2n) is 5.39. The topological polar surface area (TPSA) is 80.5 Å². The molecule has 1 fully saturated rings. The molecule has 1 saturated heterocycles. The number of methoxy groups -OCH3 is 1. The van der Waals surface area contributed by atoms with Crippen molar-refractivity contribution in [3.8, 4) is 0 Å². The van der Waals surface area contributed by atoms with Crippen molar-refractivity contribution in [3.05, 3.63) is 30.1 Å². The number of ether oxygens (including phenoxy) is 1. The van der Waals surface area contributed by atoms with Crippen LogP contribution in [-0.4, -0.2) is 48.3 Å². The van der Waals surface area contributed by atoms with Gasteiger partial charge in [-0.2, -0.15) is 0 Å². The van der Waals surface area contributed by atoms with Gasteiger partial charge in [0.1, 0.15) is 0 Å². The van der Waals surface area contributed by atoms with Crippen LogP contribution in [0.25, 0.3) is 0 Å². The number of aromatic nitrogens is 1. The molecule has 6 nitrogen and oxygen atoms in total. The Morgan fingerprint density at radius 2 is 2.43 bits per heavy atom. The number of rotatable bonds is 5. The molecule has 0 spiro atoms. The van der Waals surface area contributed by atoms with Crippen molar-refractivity contribution in [2.24, 2.45) is 5.73 Å². The van der Waals surface area contributed by atoms with E-state index in [4.69, 9.17) is 5.73 Å². The van der Waals surface area contributed by atoms with Crippen molar-refractivity contribution in [2.75, 3.05) is 20.2 Å². The van der Waals surface area contributed by atoms with Crippen molar-refractivity contribution in [2.45, 2.75) is 37.9 Å². The Morgan fingerprint density at radius 3 is 3.05 bits per heavy atom. The van der Waals surface area contributed by atoms with E-state index in [0.29, 0.717) is 0 Å². The van der Waals surface area contributed by atoms with Crippen LogP contribution in [0.4, 0.5) is 4.79 Å². The molecule has 0 radical (unpaired) electrons. The molecule has 3 atom stereocenters. The summed E-state index contributed by atoms with van der Waals surface area (Å²) in [6.45, 7) is 3.74. The highest BCUT2D eigenvalue weighted by atomic mass is 16.5. The monoisotopic (exact) mass is 292 g/mol. The van der Waals surface area contributed by atoms with Gasteiger partial charge in [0.15, 0.2) is 0 Å². The highest BCUT2D eigenvalue weighted by Crippen LogP contribution is 2.27. The van der Waals surface area contributed by atoms with Crippen molar-refractivity contribution in [1.29, 1.82) is 0 Å². The van der Waals surface area contributed by atoms with Gasteiger partial charge in [-0.05, 0) is 25.0 Å². The fourth-order valence-corrected chi connectivity index (χ4v) is 2.83. The zero-order valence-electron chi connectivity index (χ0n) is 12.7. The molecule has 21 heavy (non-hydrogen) atoms. The number of nitrogens with two attached hydrogens (primary N) is 1. The number of pyridine rings is 1. The Morgan fingerprint density at radius 1 is 1.62 bits per heavy atom. The second kappa shape index (κ2) is 7.38. The molecule has 6 heteroatoms. The first-order valence-electron chi connectivity index (χ1n) is 7.40. The highest BCUT2D eigenvalue weighted by Gasteiger charge is 2.33. The molecule has 1 amide bonds. The summed E-state index contributed by atoms with van der Waals surface area (Å²) in [6, 6.07) is 6.12. The van der Waals surface area contributed by atoms with Crippen LogP contribution >= 0.6 is 0 Å². The maximum atomic E-state index is 11.3. The molecule has 1 aliphatic heterocycles.